The number of ether oxygens (including phenoxy) is 1. The number of benzene rings is 2. The van der Waals surface area contributed by atoms with Gasteiger partial charge >= 0.3 is 6.09 Å². The quantitative estimate of drug-likeness (QED) is 0.780. The van der Waals surface area contributed by atoms with Crippen molar-refractivity contribution in [3.05, 3.63) is 59.2 Å². The molecule has 8 heteroatoms. The van der Waals surface area contributed by atoms with Gasteiger partial charge in [-0.1, -0.05) is 30.3 Å². The summed E-state index contributed by atoms with van der Waals surface area (Å²) in [6.07, 6.45) is -2.72. The van der Waals surface area contributed by atoms with Crippen LogP contribution >= 0.6 is 0 Å². The molecule has 1 aliphatic rings. The Bertz CT molecular complexity index is 948. The zero-order valence-corrected chi connectivity index (χ0v) is 13.7. The molecule has 2 aromatic rings. The summed E-state index contributed by atoms with van der Waals surface area (Å²) < 4.78 is 5.30. The van der Waals surface area contributed by atoms with Crippen LogP contribution in [0.1, 0.15) is 16.7 Å². The van der Waals surface area contributed by atoms with Gasteiger partial charge in [0.2, 0.25) is 6.17 Å². The lowest BCUT2D eigenvalue weighted by Gasteiger charge is -2.14. The first kappa shape index (κ1) is 17.0. The summed E-state index contributed by atoms with van der Waals surface area (Å²) in [6.45, 7) is 0. The highest BCUT2D eigenvalue weighted by molar-refractivity contribution is 6.20. The van der Waals surface area contributed by atoms with Crippen LogP contribution < -0.4 is 15.4 Å². The molecule has 3 N–H and O–H groups in total. The average molecular weight is 350 g/mol. The number of rotatable bonds is 3. The van der Waals surface area contributed by atoms with Crippen LogP contribution in [0.15, 0.2) is 47.5 Å². The Hall–Kier alpha value is -3.86. The van der Waals surface area contributed by atoms with Crippen molar-refractivity contribution in [2.24, 2.45) is 4.99 Å². The highest BCUT2D eigenvalue weighted by Crippen LogP contribution is 2.34. The van der Waals surface area contributed by atoms with Crippen molar-refractivity contribution in [2.45, 2.75) is 6.17 Å². The molecular formula is C18H14N4O4. The summed E-state index contributed by atoms with van der Waals surface area (Å²) in [5.74, 6) is -0.366. The van der Waals surface area contributed by atoms with Crippen LogP contribution in [0.2, 0.25) is 0 Å². The van der Waals surface area contributed by atoms with E-state index in [1.165, 1.54) is 13.2 Å². The van der Waals surface area contributed by atoms with Crippen molar-refractivity contribution in [3.8, 4) is 11.8 Å². The molecule has 26 heavy (non-hydrogen) atoms. The van der Waals surface area contributed by atoms with Crippen molar-refractivity contribution in [1.82, 2.24) is 5.32 Å². The van der Waals surface area contributed by atoms with Gasteiger partial charge < -0.3 is 15.2 Å². The minimum absolute atomic E-state index is 0.284. The number of methoxy groups -OCH3 is 1. The molecule has 1 unspecified atom stereocenters. The molecule has 3 rings (SSSR count). The normalized spacial score (nSPS) is 15.6. The second-order valence-corrected chi connectivity index (χ2v) is 5.40. The largest absolute Gasteiger partial charge is 0.495 e. The number of hydrogen-bond acceptors (Lipinski definition) is 5. The second-order valence-electron chi connectivity index (χ2n) is 5.40. The monoisotopic (exact) mass is 350 g/mol. The van der Waals surface area contributed by atoms with E-state index in [1.54, 1.807) is 30.3 Å². The van der Waals surface area contributed by atoms with Gasteiger partial charge in [0.05, 0.1) is 30.1 Å². The van der Waals surface area contributed by atoms with Gasteiger partial charge in [-0.25, -0.2) is 9.79 Å². The molecular weight excluding hydrogens is 336 g/mol. The van der Waals surface area contributed by atoms with E-state index in [2.05, 4.69) is 15.6 Å². The molecule has 0 saturated carbocycles. The topological polar surface area (TPSA) is 124 Å². The number of carbonyl (C=O) groups excluding carboxylic acids is 1. The van der Waals surface area contributed by atoms with Crippen LogP contribution in [0.4, 0.5) is 10.5 Å². The third kappa shape index (κ3) is 3.18. The lowest BCUT2D eigenvalue weighted by Crippen LogP contribution is -2.41. The third-order valence-electron chi connectivity index (χ3n) is 3.77. The number of hydrogen-bond donors (Lipinski definition) is 3. The predicted molar refractivity (Wildman–Crippen MR) is 93.4 cm³/mol. The lowest BCUT2D eigenvalue weighted by molar-refractivity contribution is -0.117. The molecule has 0 spiro atoms. The van der Waals surface area contributed by atoms with Crippen molar-refractivity contribution in [2.75, 3.05) is 12.4 Å². The molecule has 0 aromatic heterocycles. The van der Waals surface area contributed by atoms with Crippen LogP contribution in [-0.2, 0) is 4.79 Å². The van der Waals surface area contributed by atoms with Crippen molar-refractivity contribution < 1.29 is 19.4 Å². The number of carboxylic acid groups (broad SMARTS) is 1. The fourth-order valence-corrected chi connectivity index (χ4v) is 2.65. The maximum absolute atomic E-state index is 12.4. The van der Waals surface area contributed by atoms with Crippen LogP contribution in [0, 0.1) is 11.3 Å². The summed E-state index contributed by atoms with van der Waals surface area (Å²) in [4.78, 5) is 27.8. The Morgan fingerprint density at radius 1 is 1.35 bits per heavy atom. The van der Waals surface area contributed by atoms with E-state index in [0.29, 0.717) is 28.1 Å². The summed E-state index contributed by atoms with van der Waals surface area (Å²) >= 11 is 0. The number of amides is 2. The van der Waals surface area contributed by atoms with Crippen molar-refractivity contribution >= 4 is 23.4 Å². The average Bonchev–Trinajstić information content (AvgIpc) is 2.78. The van der Waals surface area contributed by atoms with Gasteiger partial charge in [0.25, 0.3) is 5.91 Å². The van der Waals surface area contributed by atoms with Crippen LogP contribution in [0.3, 0.4) is 0 Å². The van der Waals surface area contributed by atoms with E-state index >= 15 is 0 Å². The number of carbonyl (C=O) groups is 2. The zero-order valence-electron chi connectivity index (χ0n) is 13.7. The predicted octanol–water partition coefficient (Wildman–Crippen LogP) is 1.95. The van der Waals surface area contributed by atoms with E-state index in [1.807, 2.05) is 12.1 Å². The summed E-state index contributed by atoms with van der Waals surface area (Å²) in [5.41, 5.74) is 2.15. The fraction of sp³-hybridized carbons (Fsp3) is 0.111. The first-order chi connectivity index (χ1) is 12.5. The third-order valence-corrected chi connectivity index (χ3v) is 3.77. The standard InChI is InChI=1S/C18H14N4O4/c1-26-13-8-10(9-19)7-12-14(11-5-3-2-4-6-11)20-16(22-18(24)25)17(23)21-15(12)13/h2-8,16,22H,1H3,(H,21,23)(H,24,25). The summed E-state index contributed by atoms with van der Waals surface area (Å²) in [7, 11) is 1.42. The molecule has 0 bridgehead atoms. The molecule has 2 aromatic carbocycles. The van der Waals surface area contributed by atoms with Gasteiger partial charge in [-0.15, -0.1) is 0 Å². The second kappa shape index (κ2) is 6.94. The number of nitriles is 1. The minimum atomic E-state index is -1.38. The molecule has 1 aliphatic heterocycles. The number of nitrogens with zero attached hydrogens (tertiary/aromatic N) is 2. The first-order valence-corrected chi connectivity index (χ1v) is 7.59. The highest BCUT2D eigenvalue weighted by Gasteiger charge is 2.29. The molecule has 130 valence electrons. The lowest BCUT2D eigenvalue weighted by atomic mass is 9.98. The SMILES string of the molecule is COc1cc(C#N)cc2c1NC(=O)C(NC(=O)O)N=C2c1ccccc1. The summed E-state index contributed by atoms with van der Waals surface area (Å²) in [5, 5.41) is 23.0. The van der Waals surface area contributed by atoms with Crippen LogP contribution in [-0.4, -0.2) is 36.1 Å². The molecule has 8 nitrogen and oxygen atoms in total. The highest BCUT2D eigenvalue weighted by atomic mass is 16.5. The molecule has 1 atom stereocenters. The van der Waals surface area contributed by atoms with E-state index in [-0.39, 0.29) is 5.75 Å². The van der Waals surface area contributed by atoms with E-state index < -0.39 is 18.2 Å². The smallest absolute Gasteiger partial charge is 0.406 e. The molecule has 0 fully saturated rings. The van der Waals surface area contributed by atoms with Gasteiger partial charge in [-0.3, -0.25) is 10.1 Å². The van der Waals surface area contributed by atoms with E-state index in [4.69, 9.17) is 9.84 Å². The molecule has 2 amide bonds. The van der Waals surface area contributed by atoms with E-state index in [9.17, 15) is 14.9 Å². The molecule has 0 radical (unpaired) electrons. The number of aliphatic imine (C=N–C) groups is 1. The Morgan fingerprint density at radius 2 is 2.08 bits per heavy atom. The zero-order chi connectivity index (χ0) is 18.7. The van der Waals surface area contributed by atoms with E-state index in [0.717, 1.165) is 0 Å². The number of anilines is 1. The van der Waals surface area contributed by atoms with Gasteiger partial charge in [-0.05, 0) is 6.07 Å². The Kier molecular flexibility index (Phi) is 4.53. The van der Waals surface area contributed by atoms with Gasteiger partial charge in [0, 0.05) is 17.2 Å². The maximum atomic E-state index is 12.4. The molecule has 1 heterocycles. The molecule has 0 saturated heterocycles. The van der Waals surface area contributed by atoms with Gasteiger partial charge in [0.1, 0.15) is 5.75 Å². The maximum Gasteiger partial charge on any atom is 0.406 e. The minimum Gasteiger partial charge on any atom is -0.495 e. The summed E-state index contributed by atoms with van der Waals surface area (Å²) in [6, 6.07) is 14.1. The number of nitrogens with one attached hydrogen (secondary N) is 2. The van der Waals surface area contributed by atoms with Crippen LogP contribution in [0.5, 0.6) is 5.75 Å². The number of fused-ring (bicyclic) bond motifs is 1. The number of benzodiazepines with no additional fused rings is 1. The van der Waals surface area contributed by atoms with Crippen molar-refractivity contribution in [1.29, 1.82) is 5.26 Å². The Labute approximate surface area is 148 Å². The van der Waals surface area contributed by atoms with Crippen LogP contribution in [0.25, 0.3) is 0 Å². The Balaban J connectivity index is 2.28. The Morgan fingerprint density at radius 3 is 2.69 bits per heavy atom. The van der Waals surface area contributed by atoms with Gasteiger partial charge in [-0.2, -0.15) is 5.26 Å². The molecule has 0 aliphatic carbocycles. The van der Waals surface area contributed by atoms with Gasteiger partial charge in [0.15, 0.2) is 0 Å². The fourth-order valence-electron chi connectivity index (χ4n) is 2.65. The first-order valence-electron chi connectivity index (χ1n) is 7.59. The van der Waals surface area contributed by atoms with Crippen molar-refractivity contribution in [3.63, 3.8) is 0 Å².